The van der Waals surface area contributed by atoms with Crippen LogP contribution in [0.4, 0.5) is 0 Å². The molecule has 1 rings (SSSR count). The van der Waals surface area contributed by atoms with Gasteiger partial charge in [-0.25, -0.2) is 13.1 Å². The summed E-state index contributed by atoms with van der Waals surface area (Å²) in [5.41, 5.74) is 0.339. The fraction of sp³-hybridized carbons (Fsp3) is 0.571. The zero-order valence-electron chi connectivity index (χ0n) is 12.6. The molecule has 0 saturated heterocycles. The highest BCUT2D eigenvalue weighted by Gasteiger charge is 2.24. The van der Waals surface area contributed by atoms with Crippen LogP contribution in [0.15, 0.2) is 23.1 Å². The third-order valence-electron chi connectivity index (χ3n) is 2.44. The Labute approximate surface area is 127 Å². The van der Waals surface area contributed by atoms with E-state index in [9.17, 15) is 8.42 Å². The number of hydrogen-bond donors (Lipinski definition) is 2. The van der Waals surface area contributed by atoms with Crippen molar-refractivity contribution in [3.05, 3.63) is 28.8 Å². The maximum absolute atomic E-state index is 12.3. The van der Waals surface area contributed by atoms with Gasteiger partial charge in [0.2, 0.25) is 10.0 Å². The molecule has 0 aliphatic heterocycles. The topological polar surface area (TPSA) is 58.2 Å². The minimum atomic E-state index is -3.62. The van der Waals surface area contributed by atoms with Gasteiger partial charge in [-0.1, -0.05) is 31.5 Å². The summed E-state index contributed by atoms with van der Waals surface area (Å²) >= 11 is 6.03. The van der Waals surface area contributed by atoms with Crippen LogP contribution in [0, 0.1) is 0 Å². The lowest BCUT2D eigenvalue weighted by atomic mass is 10.1. The van der Waals surface area contributed by atoms with Crippen LogP contribution >= 0.6 is 11.6 Å². The van der Waals surface area contributed by atoms with E-state index in [1.54, 1.807) is 32.9 Å². The van der Waals surface area contributed by atoms with Gasteiger partial charge >= 0.3 is 0 Å². The van der Waals surface area contributed by atoms with Gasteiger partial charge in [0.15, 0.2) is 0 Å². The molecule has 0 atom stereocenters. The largest absolute Gasteiger partial charge is 0.310 e. The molecule has 0 spiro atoms. The fourth-order valence-corrected chi connectivity index (χ4v) is 3.61. The van der Waals surface area contributed by atoms with Crippen molar-refractivity contribution in [1.29, 1.82) is 0 Å². The molecule has 0 radical (unpaired) electrons. The minimum absolute atomic E-state index is 0.122. The zero-order valence-corrected chi connectivity index (χ0v) is 14.2. The van der Waals surface area contributed by atoms with Crippen LogP contribution in [0.3, 0.4) is 0 Å². The number of nitrogens with one attached hydrogen (secondary N) is 2. The van der Waals surface area contributed by atoms with E-state index < -0.39 is 15.6 Å². The monoisotopic (exact) mass is 318 g/mol. The molecule has 0 aliphatic rings. The van der Waals surface area contributed by atoms with Gasteiger partial charge in [-0.3, -0.25) is 0 Å². The molecule has 0 bridgehead atoms. The predicted octanol–water partition coefficient (Wildman–Crippen LogP) is 2.91. The Morgan fingerprint density at radius 2 is 1.85 bits per heavy atom. The number of halogens is 1. The molecule has 0 unspecified atom stereocenters. The lowest BCUT2D eigenvalue weighted by Gasteiger charge is -2.21. The maximum Gasteiger partial charge on any atom is 0.242 e. The van der Waals surface area contributed by atoms with Crippen LogP contribution in [-0.2, 0) is 16.6 Å². The number of hydrogen-bond acceptors (Lipinski definition) is 3. The highest BCUT2D eigenvalue weighted by atomic mass is 35.5. The standard InChI is InChI=1S/C14H23ClN2O2S/c1-10(2)16-9-11-6-7-12(15)13(8-11)20(18,19)17-14(3,4)5/h6-8,10,16-17H,9H2,1-5H3. The first-order valence-electron chi connectivity index (χ1n) is 6.57. The Morgan fingerprint density at radius 1 is 1.25 bits per heavy atom. The Hall–Kier alpha value is -0.620. The van der Waals surface area contributed by atoms with Crippen molar-refractivity contribution in [2.75, 3.05) is 0 Å². The van der Waals surface area contributed by atoms with E-state index in [4.69, 9.17) is 11.6 Å². The molecule has 114 valence electrons. The van der Waals surface area contributed by atoms with E-state index in [2.05, 4.69) is 10.0 Å². The molecule has 2 N–H and O–H groups in total. The van der Waals surface area contributed by atoms with E-state index in [-0.39, 0.29) is 9.92 Å². The third kappa shape index (κ3) is 5.40. The van der Waals surface area contributed by atoms with Gasteiger partial charge in [-0.15, -0.1) is 0 Å². The molecule has 0 fully saturated rings. The molecule has 6 heteroatoms. The second-order valence-electron chi connectivity index (χ2n) is 6.16. The van der Waals surface area contributed by atoms with E-state index in [0.29, 0.717) is 12.6 Å². The average molecular weight is 319 g/mol. The smallest absolute Gasteiger partial charge is 0.242 e. The van der Waals surface area contributed by atoms with Crippen molar-refractivity contribution < 1.29 is 8.42 Å². The summed E-state index contributed by atoms with van der Waals surface area (Å²) in [6.45, 7) is 10.1. The van der Waals surface area contributed by atoms with Crippen LogP contribution in [0.1, 0.15) is 40.2 Å². The summed E-state index contributed by atoms with van der Waals surface area (Å²) in [7, 11) is -3.62. The van der Waals surface area contributed by atoms with E-state index in [1.807, 2.05) is 19.9 Å². The second-order valence-corrected chi connectivity index (χ2v) is 8.21. The van der Waals surface area contributed by atoms with Gasteiger partial charge in [0.1, 0.15) is 4.90 Å². The molecule has 0 aliphatic carbocycles. The Balaban J connectivity index is 3.08. The minimum Gasteiger partial charge on any atom is -0.310 e. The lowest BCUT2D eigenvalue weighted by Crippen LogP contribution is -2.40. The van der Waals surface area contributed by atoms with Gasteiger partial charge < -0.3 is 5.32 Å². The Morgan fingerprint density at radius 3 is 2.35 bits per heavy atom. The molecule has 20 heavy (non-hydrogen) atoms. The van der Waals surface area contributed by atoms with Crippen molar-refractivity contribution in [3.8, 4) is 0 Å². The predicted molar refractivity (Wildman–Crippen MR) is 83.5 cm³/mol. The molecule has 1 aromatic rings. The maximum atomic E-state index is 12.3. The Bertz CT molecular complexity index is 563. The van der Waals surface area contributed by atoms with Crippen molar-refractivity contribution >= 4 is 21.6 Å². The highest BCUT2D eigenvalue weighted by molar-refractivity contribution is 7.89. The first-order chi connectivity index (χ1) is 9.01. The summed E-state index contributed by atoms with van der Waals surface area (Å²) in [5, 5.41) is 3.48. The van der Waals surface area contributed by atoms with Crippen molar-refractivity contribution in [2.45, 2.75) is 57.6 Å². The zero-order chi connectivity index (χ0) is 15.6. The first-order valence-corrected chi connectivity index (χ1v) is 8.43. The SMILES string of the molecule is CC(C)NCc1ccc(Cl)c(S(=O)(=O)NC(C)(C)C)c1. The lowest BCUT2D eigenvalue weighted by molar-refractivity contribution is 0.491. The van der Waals surface area contributed by atoms with Gasteiger partial charge in [0.05, 0.1) is 5.02 Å². The van der Waals surface area contributed by atoms with Gasteiger partial charge in [-0.2, -0.15) is 0 Å². The van der Waals surface area contributed by atoms with Gasteiger partial charge in [-0.05, 0) is 38.5 Å². The number of sulfonamides is 1. The van der Waals surface area contributed by atoms with Crippen molar-refractivity contribution in [3.63, 3.8) is 0 Å². The average Bonchev–Trinajstić information content (AvgIpc) is 2.24. The third-order valence-corrected chi connectivity index (χ3v) is 4.68. The quantitative estimate of drug-likeness (QED) is 0.877. The molecular weight excluding hydrogens is 296 g/mol. The molecular formula is C14H23ClN2O2S. The van der Waals surface area contributed by atoms with Crippen LogP contribution < -0.4 is 10.0 Å². The van der Waals surface area contributed by atoms with Gasteiger partial charge in [0, 0.05) is 18.1 Å². The number of benzene rings is 1. The summed E-state index contributed by atoms with van der Waals surface area (Å²) < 4.78 is 27.3. The summed E-state index contributed by atoms with van der Waals surface area (Å²) in [4.78, 5) is 0.122. The van der Waals surface area contributed by atoms with Crippen molar-refractivity contribution in [2.24, 2.45) is 0 Å². The van der Waals surface area contributed by atoms with Crippen LogP contribution in [0.2, 0.25) is 5.02 Å². The molecule has 0 heterocycles. The second kappa shape index (κ2) is 6.43. The highest BCUT2D eigenvalue weighted by Crippen LogP contribution is 2.24. The van der Waals surface area contributed by atoms with Crippen LogP contribution in [0.5, 0.6) is 0 Å². The van der Waals surface area contributed by atoms with Crippen LogP contribution in [0.25, 0.3) is 0 Å². The molecule has 0 aromatic heterocycles. The normalized spacial score (nSPS) is 12.9. The first kappa shape index (κ1) is 17.4. The summed E-state index contributed by atoms with van der Waals surface area (Å²) in [5.74, 6) is 0. The molecule has 0 saturated carbocycles. The molecule has 1 aromatic carbocycles. The van der Waals surface area contributed by atoms with Crippen molar-refractivity contribution in [1.82, 2.24) is 10.0 Å². The van der Waals surface area contributed by atoms with E-state index >= 15 is 0 Å². The number of rotatable bonds is 5. The van der Waals surface area contributed by atoms with Crippen LogP contribution in [-0.4, -0.2) is 20.0 Å². The fourth-order valence-electron chi connectivity index (χ4n) is 1.64. The summed E-state index contributed by atoms with van der Waals surface area (Å²) in [6.07, 6.45) is 0. The van der Waals surface area contributed by atoms with Gasteiger partial charge in [0.25, 0.3) is 0 Å². The summed E-state index contributed by atoms with van der Waals surface area (Å²) in [6, 6.07) is 5.40. The van der Waals surface area contributed by atoms with E-state index in [1.165, 1.54) is 0 Å². The van der Waals surface area contributed by atoms with E-state index in [0.717, 1.165) is 5.56 Å². The molecule has 4 nitrogen and oxygen atoms in total. The Kier molecular flexibility index (Phi) is 5.61. The molecule has 0 amide bonds.